The predicted octanol–water partition coefficient (Wildman–Crippen LogP) is 0.756. The summed E-state index contributed by atoms with van der Waals surface area (Å²) in [5.74, 6) is 0. The van der Waals surface area contributed by atoms with Crippen LogP contribution in [0.3, 0.4) is 0 Å². The molecule has 80 valence electrons. The average molecular weight is 205 g/mol. The lowest BCUT2D eigenvalue weighted by atomic mass is 9.99. The predicted molar refractivity (Wildman–Crippen MR) is 45.2 cm³/mol. The van der Waals surface area contributed by atoms with Gasteiger partial charge in [-0.3, -0.25) is 0 Å². The molecule has 0 aromatic heterocycles. The van der Waals surface area contributed by atoms with E-state index in [0.29, 0.717) is 0 Å². The number of azide groups is 1. The van der Waals surface area contributed by atoms with E-state index in [2.05, 4.69) is 10.0 Å². The molecule has 14 heavy (non-hydrogen) atoms. The Morgan fingerprint density at radius 1 is 1.64 bits per heavy atom. The van der Waals surface area contributed by atoms with Gasteiger partial charge in [0.1, 0.15) is 12.3 Å². The highest BCUT2D eigenvalue weighted by atomic mass is 19.1. The largest absolute Gasteiger partial charge is 0.385 e. The first kappa shape index (κ1) is 11.2. The van der Waals surface area contributed by atoms with Gasteiger partial charge in [0.2, 0.25) is 0 Å². The van der Waals surface area contributed by atoms with Crippen molar-refractivity contribution in [2.75, 3.05) is 7.11 Å². The summed E-state index contributed by atoms with van der Waals surface area (Å²) in [7, 11) is 1.31. The van der Waals surface area contributed by atoms with Gasteiger partial charge in [-0.25, -0.2) is 4.39 Å². The summed E-state index contributed by atoms with van der Waals surface area (Å²) in [6.07, 6.45) is -4.72. The van der Waals surface area contributed by atoms with Crippen molar-refractivity contribution in [3.63, 3.8) is 0 Å². The van der Waals surface area contributed by atoms with Crippen LogP contribution in [0, 0.1) is 0 Å². The number of hydrogen-bond donors (Lipinski definition) is 1. The maximum absolute atomic E-state index is 13.4. The Hall–Kier alpha value is -0.880. The van der Waals surface area contributed by atoms with Gasteiger partial charge in [-0.05, 0) is 12.5 Å². The molecule has 0 spiro atoms. The molecule has 1 saturated heterocycles. The number of ether oxygens (including phenoxy) is 2. The van der Waals surface area contributed by atoms with E-state index in [1.807, 2.05) is 0 Å². The summed E-state index contributed by atoms with van der Waals surface area (Å²) in [6.45, 7) is 1.56. The van der Waals surface area contributed by atoms with E-state index in [-0.39, 0.29) is 0 Å². The first-order chi connectivity index (χ1) is 6.61. The number of methoxy groups -OCH3 is 1. The van der Waals surface area contributed by atoms with Gasteiger partial charge in [0.05, 0.1) is 12.1 Å². The second-order valence-electron chi connectivity index (χ2n) is 3.08. The summed E-state index contributed by atoms with van der Waals surface area (Å²) in [4.78, 5) is 2.50. The lowest BCUT2D eigenvalue weighted by Crippen LogP contribution is -2.54. The monoisotopic (exact) mass is 205 g/mol. The fourth-order valence-corrected chi connectivity index (χ4v) is 1.40. The Labute approximate surface area is 80.2 Å². The van der Waals surface area contributed by atoms with Crippen LogP contribution in [-0.2, 0) is 9.47 Å². The molecule has 1 fully saturated rings. The van der Waals surface area contributed by atoms with Crippen LogP contribution < -0.4 is 0 Å². The Bertz CT molecular complexity index is 246. The number of rotatable bonds is 2. The molecular formula is C7H12FN3O3. The average Bonchev–Trinajstić information content (AvgIpc) is 2.18. The van der Waals surface area contributed by atoms with Crippen LogP contribution in [0.25, 0.3) is 10.4 Å². The van der Waals surface area contributed by atoms with E-state index in [0.717, 1.165) is 0 Å². The van der Waals surface area contributed by atoms with Crippen molar-refractivity contribution in [1.29, 1.82) is 0 Å². The summed E-state index contributed by atoms with van der Waals surface area (Å²) >= 11 is 0. The van der Waals surface area contributed by atoms with Crippen LogP contribution in [0.5, 0.6) is 0 Å². The minimum absolute atomic E-state index is 0.616. The van der Waals surface area contributed by atoms with Gasteiger partial charge in [-0.2, -0.15) is 0 Å². The highest BCUT2D eigenvalue weighted by Crippen LogP contribution is 2.25. The van der Waals surface area contributed by atoms with Crippen LogP contribution >= 0.6 is 0 Å². The molecule has 0 unspecified atom stereocenters. The number of aliphatic hydroxyl groups excluding tert-OH is 1. The Kier molecular flexibility index (Phi) is 3.65. The van der Waals surface area contributed by atoms with Crippen molar-refractivity contribution in [1.82, 2.24) is 0 Å². The number of halogens is 1. The number of alkyl halides is 1. The van der Waals surface area contributed by atoms with E-state index >= 15 is 0 Å². The van der Waals surface area contributed by atoms with Crippen molar-refractivity contribution in [2.24, 2.45) is 5.11 Å². The zero-order chi connectivity index (χ0) is 10.7. The molecule has 0 amide bonds. The maximum Gasteiger partial charge on any atom is 0.186 e. The molecule has 0 aromatic carbocycles. The lowest BCUT2D eigenvalue weighted by molar-refractivity contribution is -0.249. The molecule has 1 heterocycles. The molecule has 1 rings (SSSR count). The number of hydrogen-bond acceptors (Lipinski definition) is 4. The van der Waals surface area contributed by atoms with Gasteiger partial charge in [0.15, 0.2) is 6.29 Å². The zero-order valence-corrected chi connectivity index (χ0v) is 7.87. The van der Waals surface area contributed by atoms with Gasteiger partial charge in [-0.15, -0.1) is 0 Å². The molecular weight excluding hydrogens is 193 g/mol. The topological polar surface area (TPSA) is 87.5 Å². The molecule has 0 aliphatic carbocycles. The third-order valence-electron chi connectivity index (χ3n) is 2.18. The molecule has 0 aromatic rings. The minimum Gasteiger partial charge on any atom is -0.385 e. The van der Waals surface area contributed by atoms with E-state index in [1.165, 1.54) is 7.11 Å². The fraction of sp³-hybridized carbons (Fsp3) is 1.00. The molecule has 1 aliphatic rings. The van der Waals surface area contributed by atoms with Gasteiger partial charge in [0, 0.05) is 12.0 Å². The SMILES string of the molecule is CO[C@H]1O[C@H](C)[C@@H](N=[N+]=[N-])[C@H](F)[C@@H]1O. The van der Waals surface area contributed by atoms with Crippen molar-refractivity contribution in [2.45, 2.75) is 37.6 Å². The standard InChI is InChI=1S/C7H12FN3O3/c1-3-5(10-11-9)4(8)6(12)7(13-2)14-3/h3-7,12H,1-2H3/t3-,4+,5-,6+,7+/m1/s1. The van der Waals surface area contributed by atoms with E-state index in [9.17, 15) is 9.50 Å². The van der Waals surface area contributed by atoms with E-state index in [1.54, 1.807) is 6.92 Å². The quantitative estimate of drug-likeness (QED) is 0.410. The molecule has 5 atom stereocenters. The van der Waals surface area contributed by atoms with Crippen molar-refractivity contribution in [3.05, 3.63) is 10.4 Å². The van der Waals surface area contributed by atoms with Crippen molar-refractivity contribution < 1.29 is 19.0 Å². The van der Waals surface area contributed by atoms with Crippen LogP contribution in [0.4, 0.5) is 4.39 Å². The molecule has 0 saturated carbocycles. The van der Waals surface area contributed by atoms with Gasteiger partial charge >= 0.3 is 0 Å². The van der Waals surface area contributed by atoms with Gasteiger partial charge in [-0.1, -0.05) is 5.11 Å². The third kappa shape index (κ3) is 1.96. The maximum atomic E-state index is 13.4. The van der Waals surface area contributed by atoms with Crippen LogP contribution in [0.1, 0.15) is 6.92 Å². The van der Waals surface area contributed by atoms with E-state index in [4.69, 9.17) is 15.0 Å². The van der Waals surface area contributed by atoms with E-state index < -0.39 is 30.7 Å². The fourth-order valence-electron chi connectivity index (χ4n) is 1.40. The molecule has 1 N–H and O–H groups in total. The van der Waals surface area contributed by atoms with Crippen LogP contribution in [-0.4, -0.2) is 42.9 Å². The van der Waals surface area contributed by atoms with Crippen LogP contribution in [0.2, 0.25) is 0 Å². The Balaban J connectivity index is 2.78. The highest BCUT2D eigenvalue weighted by molar-refractivity contribution is 4.92. The Morgan fingerprint density at radius 3 is 2.79 bits per heavy atom. The summed E-state index contributed by atoms with van der Waals surface area (Å²) < 4.78 is 23.3. The first-order valence-corrected chi connectivity index (χ1v) is 4.16. The summed E-state index contributed by atoms with van der Waals surface area (Å²) in [5, 5.41) is 12.6. The molecule has 7 heteroatoms. The lowest BCUT2D eigenvalue weighted by Gasteiger charge is -2.37. The second-order valence-corrected chi connectivity index (χ2v) is 3.08. The second kappa shape index (κ2) is 4.56. The van der Waals surface area contributed by atoms with Crippen molar-refractivity contribution in [3.8, 4) is 0 Å². The smallest absolute Gasteiger partial charge is 0.186 e. The third-order valence-corrected chi connectivity index (χ3v) is 2.18. The van der Waals surface area contributed by atoms with Gasteiger partial charge in [0.25, 0.3) is 0 Å². The minimum atomic E-state index is -1.67. The molecule has 0 radical (unpaired) electrons. The number of nitrogens with zero attached hydrogens (tertiary/aromatic N) is 3. The van der Waals surface area contributed by atoms with Gasteiger partial charge < -0.3 is 14.6 Å². The van der Waals surface area contributed by atoms with Crippen LogP contribution in [0.15, 0.2) is 5.11 Å². The summed E-state index contributed by atoms with van der Waals surface area (Å²) in [6, 6.07) is -1.01. The normalized spacial score (nSPS) is 43.0. The molecule has 1 aliphatic heterocycles. The first-order valence-electron chi connectivity index (χ1n) is 4.16. The molecule has 6 nitrogen and oxygen atoms in total. The summed E-state index contributed by atoms with van der Waals surface area (Å²) in [5.41, 5.74) is 8.19. The van der Waals surface area contributed by atoms with Crippen molar-refractivity contribution >= 4 is 0 Å². The molecule has 0 bridgehead atoms. The number of aliphatic hydroxyl groups is 1. The zero-order valence-electron chi connectivity index (χ0n) is 7.87. The Morgan fingerprint density at radius 2 is 2.29 bits per heavy atom. The highest BCUT2D eigenvalue weighted by Gasteiger charge is 2.43.